The third kappa shape index (κ3) is 4.44. The summed E-state index contributed by atoms with van der Waals surface area (Å²) in [5, 5.41) is 2.98. The fraction of sp³-hybridized carbons (Fsp3) is 0.185. The van der Waals surface area contributed by atoms with Crippen LogP contribution in [0, 0.1) is 0 Å². The molecule has 0 fully saturated rings. The Morgan fingerprint density at radius 3 is 2.74 bits per heavy atom. The number of aromatic nitrogens is 1. The molecule has 2 aromatic heterocycles. The van der Waals surface area contributed by atoms with E-state index in [1.165, 1.54) is 26.5 Å². The molecule has 154 valence electrons. The van der Waals surface area contributed by atoms with Crippen LogP contribution >= 0.6 is 11.3 Å². The van der Waals surface area contributed by atoms with Crippen LogP contribution in [0.3, 0.4) is 0 Å². The summed E-state index contributed by atoms with van der Waals surface area (Å²) in [7, 11) is 0. The first-order valence-corrected chi connectivity index (χ1v) is 11.6. The first-order chi connectivity index (χ1) is 15.3. The molecule has 1 amide bonds. The first kappa shape index (κ1) is 19.7. The highest BCUT2D eigenvalue weighted by Crippen LogP contribution is 2.32. The number of hydrogen-bond acceptors (Lipinski definition) is 3. The molecule has 0 radical (unpaired) electrons. The minimum Gasteiger partial charge on any atom is -0.352 e. The average Bonchev–Trinajstić information content (AvgIpc) is 3.17. The van der Waals surface area contributed by atoms with E-state index in [4.69, 9.17) is 0 Å². The lowest BCUT2D eigenvalue weighted by Gasteiger charge is -2.17. The monoisotopic (exact) mass is 424 g/mol. The third-order valence-corrected chi connectivity index (χ3v) is 6.94. The molecule has 0 unspecified atom stereocenters. The maximum absolute atomic E-state index is 12.4. The van der Waals surface area contributed by atoms with Crippen LogP contribution in [0.4, 0.5) is 0 Å². The molecule has 3 aromatic rings. The van der Waals surface area contributed by atoms with Crippen LogP contribution < -0.4 is 5.32 Å². The van der Waals surface area contributed by atoms with E-state index in [9.17, 15) is 4.79 Å². The minimum atomic E-state index is 0.0711. The van der Waals surface area contributed by atoms with Gasteiger partial charge in [0.1, 0.15) is 0 Å². The highest BCUT2D eigenvalue weighted by atomic mass is 32.1. The molecule has 0 atom stereocenters. The summed E-state index contributed by atoms with van der Waals surface area (Å²) in [6.45, 7) is 0.764. The summed E-state index contributed by atoms with van der Waals surface area (Å²) >= 11 is 1.78. The number of allylic oxidation sites excluding steroid dienone is 1. The van der Waals surface area contributed by atoms with Crippen molar-refractivity contribution in [3.05, 3.63) is 94.2 Å². The van der Waals surface area contributed by atoms with Gasteiger partial charge in [-0.3, -0.25) is 9.78 Å². The van der Waals surface area contributed by atoms with Crippen molar-refractivity contribution in [1.82, 2.24) is 10.3 Å². The zero-order valence-electron chi connectivity index (χ0n) is 17.3. The lowest BCUT2D eigenvalue weighted by molar-refractivity contribution is -0.117. The van der Waals surface area contributed by atoms with E-state index in [0.29, 0.717) is 0 Å². The average molecular weight is 425 g/mol. The predicted octanol–water partition coefficient (Wildman–Crippen LogP) is 6.36. The Balaban J connectivity index is 1.38. The summed E-state index contributed by atoms with van der Waals surface area (Å²) < 4.78 is 0. The Labute approximate surface area is 186 Å². The minimum absolute atomic E-state index is 0.0711. The van der Waals surface area contributed by atoms with Gasteiger partial charge in [-0.15, -0.1) is 11.3 Å². The molecule has 0 saturated heterocycles. The number of pyridine rings is 1. The molecule has 3 nitrogen and oxygen atoms in total. The van der Waals surface area contributed by atoms with E-state index in [2.05, 4.69) is 71.0 Å². The molecule has 1 aliphatic carbocycles. The number of nitrogens with one attached hydrogen (secondary N) is 1. The predicted molar refractivity (Wildman–Crippen MR) is 129 cm³/mol. The second-order valence-corrected chi connectivity index (χ2v) is 9.03. The van der Waals surface area contributed by atoms with Gasteiger partial charge >= 0.3 is 0 Å². The van der Waals surface area contributed by atoms with Gasteiger partial charge in [0, 0.05) is 28.1 Å². The topological polar surface area (TPSA) is 42.0 Å². The van der Waals surface area contributed by atoms with E-state index >= 15 is 0 Å². The van der Waals surface area contributed by atoms with Crippen molar-refractivity contribution in [1.29, 1.82) is 0 Å². The number of carbonyl (C=O) groups is 1. The molecule has 1 N–H and O–H groups in total. The molecule has 0 saturated carbocycles. The fourth-order valence-electron chi connectivity index (χ4n) is 4.22. The van der Waals surface area contributed by atoms with Gasteiger partial charge in [0.25, 0.3) is 5.91 Å². The molecule has 31 heavy (non-hydrogen) atoms. The van der Waals surface area contributed by atoms with Crippen LogP contribution in [-0.2, 0) is 4.79 Å². The molecule has 2 aliphatic rings. The van der Waals surface area contributed by atoms with Crippen molar-refractivity contribution in [2.24, 2.45) is 0 Å². The van der Waals surface area contributed by atoms with Crippen molar-refractivity contribution < 1.29 is 4.79 Å². The number of rotatable bonds is 4. The van der Waals surface area contributed by atoms with Crippen LogP contribution in [0.15, 0.2) is 78.0 Å². The van der Waals surface area contributed by atoms with Crippen LogP contribution in [-0.4, -0.2) is 17.4 Å². The fourth-order valence-corrected chi connectivity index (χ4v) is 5.13. The molecule has 4 heteroatoms. The van der Waals surface area contributed by atoms with Gasteiger partial charge in [0.05, 0.1) is 5.69 Å². The van der Waals surface area contributed by atoms with Crippen molar-refractivity contribution in [2.45, 2.75) is 25.7 Å². The Morgan fingerprint density at radius 2 is 1.84 bits per heavy atom. The third-order valence-electron chi connectivity index (χ3n) is 5.84. The normalized spacial score (nSPS) is 16.6. The largest absolute Gasteiger partial charge is 0.352 e. The van der Waals surface area contributed by atoms with Gasteiger partial charge in [0.2, 0.25) is 0 Å². The molecule has 1 aliphatic heterocycles. The Bertz CT molecular complexity index is 1200. The molecular weight excluding hydrogens is 400 g/mol. The Morgan fingerprint density at radius 1 is 0.935 bits per heavy atom. The van der Waals surface area contributed by atoms with E-state index in [0.717, 1.165) is 49.1 Å². The molecule has 0 bridgehead atoms. The van der Waals surface area contributed by atoms with Gasteiger partial charge in [0.15, 0.2) is 0 Å². The Hall–Kier alpha value is -3.24. The maximum atomic E-state index is 12.4. The lowest BCUT2D eigenvalue weighted by atomic mass is 9.97. The van der Waals surface area contributed by atoms with Gasteiger partial charge < -0.3 is 5.32 Å². The van der Waals surface area contributed by atoms with Crippen molar-refractivity contribution in [2.75, 3.05) is 6.54 Å². The number of benzene rings is 1. The van der Waals surface area contributed by atoms with E-state index in [1.807, 2.05) is 18.3 Å². The molecule has 3 heterocycles. The van der Waals surface area contributed by atoms with Crippen molar-refractivity contribution in [3.8, 4) is 10.4 Å². The van der Waals surface area contributed by atoms with Crippen molar-refractivity contribution >= 4 is 35.0 Å². The number of carbonyl (C=O) groups excluding carboxylic acids is 1. The Kier molecular flexibility index (Phi) is 5.63. The number of amides is 1. The van der Waals surface area contributed by atoms with Crippen molar-refractivity contribution in [3.63, 3.8) is 0 Å². The van der Waals surface area contributed by atoms with E-state index < -0.39 is 0 Å². The SMILES string of the molecule is O=C1NCCC2=C1C=C(c1ccnc(/C=C/c3ccc(-c4ccccc4)s3)c1)CCC2. The highest BCUT2D eigenvalue weighted by Gasteiger charge is 2.21. The zero-order chi connectivity index (χ0) is 21.0. The number of nitrogens with zero attached hydrogens (tertiary/aromatic N) is 1. The summed E-state index contributed by atoms with van der Waals surface area (Å²) in [6.07, 6.45) is 12.2. The first-order valence-electron chi connectivity index (χ1n) is 10.8. The summed E-state index contributed by atoms with van der Waals surface area (Å²) in [4.78, 5) is 19.4. The molecule has 5 rings (SSSR count). The van der Waals surface area contributed by atoms with Crippen LogP contribution in [0.25, 0.3) is 28.2 Å². The van der Waals surface area contributed by atoms with Gasteiger partial charge in [-0.1, -0.05) is 35.9 Å². The smallest absolute Gasteiger partial charge is 0.251 e. The van der Waals surface area contributed by atoms with Crippen LogP contribution in [0.5, 0.6) is 0 Å². The summed E-state index contributed by atoms with van der Waals surface area (Å²) in [6, 6.07) is 18.9. The van der Waals surface area contributed by atoms with E-state index in [-0.39, 0.29) is 5.91 Å². The number of hydrogen-bond donors (Lipinski definition) is 1. The molecule has 1 aromatic carbocycles. The second-order valence-electron chi connectivity index (χ2n) is 7.92. The number of thiophene rings is 1. The van der Waals surface area contributed by atoms with Gasteiger partial charge in [-0.05, 0) is 84.9 Å². The molecule has 0 spiro atoms. The standard InChI is InChI=1S/C27H24N2OS/c30-27-25-18-21(8-4-7-19(25)13-16-29-27)22-14-15-28-23(17-22)9-10-24-11-12-26(31-24)20-5-2-1-3-6-20/h1-3,5-6,9-12,14-15,17-18H,4,7-8,13,16H2,(H,29,30)/b10-9+. The van der Waals surface area contributed by atoms with E-state index in [1.54, 1.807) is 11.3 Å². The maximum Gasteiger partial charge on any atom is 0.251 e. The van der Waals surface area contributed by atoms with Crippen LogP contribution in [0.1, 0.15) is 41.8 Å². The lowest BCUT2D eigenvalue weighted by Crippen LogP contribution is -2.30. The quantitative estimate of drug-likeness (QED) is 0.529. The van der Waals surface area contributed by atoms with Gasteiger partial charge in [-0.2, -0.15) is 0 Å². The molecular formula is C27H24N2OS. The zero-order valence-corrected chi connectivity index (χ0v) is 18.1. The summed E-state index contributed by atoms with van der Waals surface area (Å²) in [5.41, 5.74) is 6.73. The highest BCUT2D eigenvalue weighted by molar-refractivity contribution is 7.16. The second kappa shape index (κ2) is 8.86. The van der Waals surface area contributed by atoms with Crippen LogP contribution in [0.2, 0.25) is 0 Å². The van der Waals surface area contributed by atoms with Gasteiger partial charge in [-0.25, -0.2) is 0 Å². The summed E-state index contributed by atoms with van der Waals surface area (Å²) in [5.74, 6) is 0.0711.